The first-order valence-corrected chi connectivity index (χ1v) is 8.35. The summed E-state index contributed by atoms with van der Waals surface area (Å²) in [5.74, 6) is 0.365. The van der Waals surface area contributed by atoms with Gasteiger partial charge in [-0.3, -0.25) is 14.5 Å². The molecule has 2 aromatic carbocycles. The third kappa shape index (κ3) is 1.59. The molecule has 1 aliphatic carbocycles. The van der Waals surface area contributed by atoms with Crippen LogP contribution in [0.25, 0.3) is 0 Å². The Morgan fingerprint density at radius 2 is 1.88 bits per heavy atom. The summed E-state index contributed by atoms with van der Waals surface area (Å²) in [6.07, 6.45) is 0.490. The highest BCUT2D eigenvalue weighted by Crippen LogP contribution is 2.56. The first-order chi connectivity index (χ1) is 11.6. The molecule has 0 spiro atoms. The van der Waals surface area contributed by atoms with Gasteiger partial charge in [0.1, 0.15) is 11.5 Å². The van der Waals surface area contributed by atoms with Gasteiger partial charge in [-0.25, -0.2) is 0 Å². The predicted octanol–water partition coefficient (Wildman–Crippen LogP) is 3.36. The fourth-order valence-electron chi connectivity index (χ4n) is 4.45. The highest BCUT2D eigenvalue weighted by atomic mass is 35.5. The normalized spacial score (nSPS) is 26.6. The van der Waals surface area contributed by atoms with Gasteiger partial charge in [0.25, 0.3) is 0 Å². The monoisotopic (exact) mass is 339 g/mol. The number of likely N-dealkylation sites (tertiary alicyclic amines) is 1. The molecule has 3 atom stereocenters. The maximum Gasteiger partial charge on any atom is 0.233 e. The van der Waals surface area contributed by atoms with Crippen LogP contribution in [0.1, 0.15) is 22.6 Å². The minimum absolute atomic E-state index is 0.108. The lowest BCUT2D eigenvalue weighted by atomic mass is 9.66. The van der Waals surface area contributed by atoms with Gasteiger partial charge in [0, 0.05) is 29.1 Å². The summed E-state index contributed by atoms with van der Waals surface area (Å²) in [6, 6.07) is 11.4. The third-order valence-electron chi connectivity index (χ3n) is 5.53. The Labute approximate surface area is 144 Å². The van der Waals surface area contributed by atoms with Crippen molar-refractivity contribution in [3.63, 3.8) is 0 Å². The van der Waals surface area contributed by atoms with E-state index in [1.807, 2.05) is 36.4 Å². The van der Waals surface area contributed by atoms with Crippen LogP contribution in [0.3, 0.4) is 0 Å². The molecular formula is C19H14ClNO3. The Balaban J connectivity index is 1.83. The Kier molecular flexibility index (Phi) is 2.70. The number of fused-ring (bicyclic) bond motifs is 4. The fourth-order valence-corrected chi connectivity index (χ4v) is 4.69. The minimum atomic E-state index is -0.378. The quantitative estimate of drug-likeness (QED) is 0.691. The van der Waals surface area contributed by atoms with Crippen LogP contribution in [0.2, 0.25) is 5.02 Å². The van der Waals surface area contributed by atoms with Gasteiger partial charge >= 0.3 is 0 Å². The van der Waals surface area contributed by atoms with Crippen molar-refractivity contribution in [2.24, 2.45) is 11.8 Å². The summed E-state index contributed by atoms with van der Waals surface area (Å²) in [5, 5.41) is 0.634. The topological polar surface area (TPSA) is 46.6 Å². The molecular weight excluding hydrogens is 326 g/mol. The van der Waals surface area contributed by atoms with Crippen molar-refractivity contribution in [1.29, 1.82) is 0 Å². The zero-order chi connectivity index (χ0) is 16.6. The van der Waals surface area contributed by atoms with Gasteiger partial charge in [0.2, 0.25) is 11.8 Å². The number of carbonyl (C=O) groups excluding carboxylic acids is 2. The van der Waals surface area contributed by atoms with E-state index in [1.165, 1.54) is 4.90 Å². The number of benzene rings is 2. The van der Waals surface area contributed by atoms with Crippen LogP contribution >= 0.6 is 11.6 Å². The average molecular weight is 340 g/mol. The average Bonchev–Trinajstić information content (AvgIpc) is 2.82. The number of imide groups is 1. The minimum Gasteiger partial charge on any atom is -0.457 e. The molecule has 0 bridgehead atoms. The molecule has 24 heavy (non-hydrogen) atoms. The van der Waals surface area contributed by atoms with E-state index in [0.29, 0.717) is 11.4 Å². The van der Waals surface area contributed by atoms with Crippen LogP contribution < -0.4 is 4.74 Å². The number of nitrogens with zero attached hydrogens (tertiary/aromatic N) is 1. The molecule has 0 radical (unpaired) electrons. The first-order valence-electron chi connectivity index (χ1n) is 7.97. The van der Waals surface area contributed by atoms with E-state index in [0.717, 1.165) is 28.2 Å². The molecule has 3 aliphatic rings. The van der Waals surface area contributed by atoms with Crippen molar-refractivity contribution in [3.05, 3.63) is 58.1 Å². The Hall–Kier alpha value is -2.33. The second-order valence-electron chi connectivity index (χ2n) is 6.63. The lowest BCUT2D eigenvalue weighted by Gasteiger charge is -2.38. The predicted molar refractivity (Wildman–Crippen MR) is 88.3 cm³/mol. The van der Waals surface area contributed by atoms with E-state index in [9.17, 15) is 9.59 Å². The molecule has 2 heterocycles. The molecule has 1 fully saturated rings. The summed E-state index contributed by atoms with van der Waals surface area (Å²) in [4.78, 5) is 26.6. The SMILES string of the molecule is CN1C(=O)[C@H]2[C@@H]3c4ccccc4Oc4ccc(Cl)c(c43)C[C@H]2C1=O. The van der Waals surface area contributed by atoms with Gasteiger partial charge in [-0.1, -0.05) is 29.8 Å². The summed E-state index contributed by atoms with van der Waals surface area (Å²) in [6.45, 7) is 0. The smallest absolute Gasteiger partial charge is 0.233 e. The second-order valence-corrected chi connectivity index (χ2v) is 7.03. The number of hydrogen-bond acceptors (Lipinski definition) is 3. The maximum atomic E-state index is 12.8. The Morgan fingerprint density at radius 1 is 1.08 bits per heavy atom. The van der Waals surface area contributed by atoms with Crippen molar-refractivity contribution in [2.45, 2.75) is 12.3 Å². The van der Waals surface area contributed by atoms with Crippen molar-refractivity contribution in [2.75, 3.05) is 7.05 Å². The first kappa shape index (κ1) is 14.1. The number of para-hydroxylation sites is 1. The molecule has 120 valence electrons. The molecule has 0 N–H and O–H groups in total. The Morgan fingerprint density at radius 3 is 2.71 bits per heavy atom. The van der Waals surface area contributed by atoms with E-state index < -0.39 is 0 Å². The fraction of sp³-hybridized carbons (Fsp3) is 0.263. The van der Waals surface area contributed by atoms with Crippen LogP contribution in [0.4, 0.5) is 0 Å². The largest absolute Gasteiger partial charge is 0.457 e. The van der Waals surface area contributed by atoms with Crippen molar-refractivity contribution < 1.29 is 14.3 Å². The summed E-state index contributed by atoms with van der Waals surface area (Å²) >= 11 is 6.43. The van der Waals surface area contributed by atoms with Gasteiger partial charge in [-0.15, -0.1) is 0 Å². The van der Waals surface area contributed by atoms with E-state index in [4.69, 9.17) is 16.3 Å². The van der Waals surface area contributed by atoms with E-state index in [-0.39, 0.29) is 29.6 Å². The number of hydrogen-bond donors (Lipinski definition) is 0. The lowest BCUT2D eigenvalue weighted by Crippen LogP contribution is -2.34. The van der Waals surface area contributed by atoms with Gasteiger partial charge in [0.05, 0.1) is 11.8 Å². The van der Waals surface area contributed by atoms with Gasteiger partial charge in [0.15, 0.2) is 0 Å². The zero-order valence-corrected chi connectivity index (χ0v) is 13.7. The van der Waals surface area contributed by atoms with E-state index in [2.05, 4.69) is 0 Å². The molecule has 1 saturated heterocycles. The summed E-state index contributed by atoms with van der Waals surface area (Å²) in [5.41, 5.74) is 2.87. The van der Waals surface area contributed by atoms with Crippen molar-refractivity contribution in [3.8, 4) is 11.5 Å². The van der Waals surface area contributed by atoms with Crippen LogP contribution in [0.15, 0.2) is 36.4 Å². The summed E-state index contributed by atoms with van der Waals surface area (Å²) in [7, 11) is 1.57. The Bertz CT molecular complexity index is 923. The van der Waals surface area contributed by atoms with Crippen LogP contribution in [0, 0.1) is 11.8 Å². The number of amides is 2. The van der Waals surface area contributed by atoms with Gasteiger partial charge < -0.3 is 4.74 Å². The maximum absolute atomic E-state index is 12.8. The third-order valence-corrected chi connectivity index (χ3v) is 5.88. The van der Waals surface area contributed by atoms with Crippen molar-refractivity contribution in [1.82, 2.24) is 4.90 Å². The number of halogens is 1. The molecule has 0 aromatic heterocycles. The number of carbonyl (C=O) groups is 2. The highest BCUT2D eigenvalue weighted by Gasteiger charge is 2.55. The molecule has 0 unspecified atom stereocenters. The zero-order valence-electron chi connectivity index (χ0n) is 13.0. The van der Waals surface area contributed by atoms with Gasteiger partial charge in [-0.05, 0) is 30.2 Å². The molecule has 0 saturated carbocycles. The summed E-state index contributed by atoms with van der Waals surface area (Å²) < 4.78 is 6.05. The van der Waals surface area contributed by atoms with Crippen LogP contribution in [-0.4, -0.2) is 23.8 Å². The lowest BCUT2D eigenvalue weighted by molar-refractivity contribution is -0.138. The number of ether oxygens (including phenoxy) is 1. The highest BCUT2D eigenvalue weighted by molar-refractivity contribution is 6.31. The van der Waals surface area contributed by atoms with E-state index >= 15 is 0 Å². The molecule has 5 rings (SSSR count). The van der Waals surface area contributed by atoms with E-state index in [1.54, 1.807) is 7.05 Å². The van der Waals surface area contributed by atoms with Crippen molar-refractivity contribution >= 4 is 23.4 Å². The number of rotatable bonds is 0. The molecule has 2 aromatic rings. The molecule has 5 heteroatoms. The standard InChI is InChI=1S/C19H14ClNO3/c1-21-18(22)11-8-10-12(20)6-7-14-15(10)16(17(11)19(21)23)9-4-2-3-5-13(9)24-14/h2-7,11,16-17H,8H2,1H3/t11-,16-,17-/m1/s1. The van der Waals surface area contributed by atoms with Gasteiger partial charge in [-0.2, -0.15) is 0 Å². The molecule has 4 nitrogen and oxygen atoms in total. The van der Waals surface area contributed by atoms with Crippen LogP contribution in [0.5, 0.6) is 11.5 Å². The molecule has 2 amide bonds. The molecule has 2 aliphatic heterocycles. The second kappa shape index (κ2) is 4.61. The van der Waals surface area contributed by atoms with Crippen LogP contribution in [-0.2, 0) is 16.0 Å².